The van der Waals surface area contributed by atoms with E-state index in [0.717, 1.165) is 6.42 Å². The van der Waals surface area contributed by atoms with Gasteiger partial charge in [-0.05, 0) is 41.8 Å². The van der Waals surface area contributed by atoms with Crippen molar-refractivity contribution in [2.75, 3.05) is 0 Å². The molecule has 2 aromatic rings. The number of aromatic nitrogens is 4. The first-order valence-electron chi connectivity index (χ1n) is 6.83. The first-order chi connectivity index (χ1) is 10.1. The minimum atomic E-state index is -1.12. The zero-order chi connectivity index (χ0) is 15.0. The maximum atomic E-state index is 11.6. The number of nitrogens with zero attached hydrogens (tertiary/aromatic N) is 4. The van der Waals surface area contributed by atoms with Gasteiger partial charge in [0.15, 0.2) is 11.4 Å². The van der Waals surface area contributed by atoms with E-state index in [1.807, 2.05) is 19.1 Å². The van der Waals surface area contributed by atoms with E-state index in [1.165, 1.54) is 15.1 Å². The van der Waals surface area contributed by atoms with Crippen molar-refractivity contribution in [2.45, 2.75) is 42.4 Å². The zero-order valence-electron chi connectivity index (χ0n) is 11.9. The molecule has 2 unspecified atom stereocenters. The van der Waals surface area contributed by atoms with Crippen molar-refractivity contribution in [2.24, 2.45) is 0 Å². The fraction of sp³-hybridized carbons (Fsp3) is 0.429. The molecule has 0 saturated carbocycles. The van der Waals surface area contributed by atoms with Gasteiger partial charge in [-0.3, -0.25) is 0 Å². The van der Waals surface area contributed by atoms with Crippen LogP contribution in [-0.4, -0.2) is 31.3 Å². The molecule has 1 N–H and O–H groups in total. The quantitative estimate of drug-likeness (QED) is 0.933. The molecule has 1 aliphatic rings. The molecule has 0 amide bonds. The molecule has 3 rings (SSSR count). The summed E-state index contributed by atoms with van der Waals surface area (Å²) in [5.74, 6) is -0.290. The highest BCUT2D eigenvalue weighted by atomic mass is 32.2. The maximum absolute atomic E-state index is 11.6. The summed E-state index contributed by atoms with van der Waals surface area (Å²) in [6.07, 6.45) is 1.24. The molecule has 0 bridgehead atoms. The number of rotatable bonds is 4. The molecular formula is C14H16N4O2S. The van der Waals surface area contributed by atoms with Gasteiger partial charge in [0.1, 0.15) is 0 Å². The number of hydrogen-bond acceptors (Lipinski definition) is 5. The fourth-order valence-corrected chi connectivity index (χ4v) is 3.75. The van der Waals surface area contributed by atoms with Crippen LogP contribution in [-0.2, 0) is 16.8 Å². The van der Waals surface area contributed by atoms with E-state index in [2.05, 4.69) is 27.7 Å². The minimum Gasteiger partial charge on any atom is -0.479 e. The highest BCUT2D eigenvalue weighted by Gasteiger charge is 2.39. The Morgan fingerprint density at radius 3 is 2.95 bits per heavy atom. The van der Waals surface area contributed by atoms with Gasteiger partial charge in [0.2, 0.25) is 0 Å². The summed E-state index contributed by atoms with van der Waals surface area (Å²) >= 11 is 1.69. The van der Waals surface area contributed by atoms with Crippen LogP contribution in [0.4, 0.5) is 0 Å². The van der Waals surface area contributed by atoms with Gasteiger partial charge in [0.25, 0.3) is 0 Å². The van der Waals surface area contributed by atoms with E-state index in [0.29, 0.717) is 12.2 Å². The van der Waals surface area contributed by atoms with Crippen LogP contribution in [0.5, 0.6) is 0 Å². The predicted molar refractivity (Wildman–Crippen MR) is 78.1 cm³/mol. The van der Waals surface area contributed by atoms with Crippen molar-refractivity contribution in [3.63, 3.8) is 0 Å². The number of thioether (sulfide) groups is 1. The standard InChI is InChI=1S/C14H16N4O2S/c1-3-14(2,13(19)20)18-12(15-16-17-18)11-8-9-6-4-5-7-10(9)21-11/h4-7,11H,3,8H2,1-2H3,(H,19,20). The Morgan fingerprint density at radius 2 is 2.29 bits per heavy atom. The van der Waals surface area contributed by atoms with Crippen LogP contribution in [0.1, 0.15) is 36.9 Å². The Hall–Kier alpha value is -1.89. The van der Waals surface area contributed by atoms with Crippen molar-refractivity contribution in [3.8, 4) is 0 Å². The van der Waals surface area contributed by atoms with Crippen molar-refractivity contribution >= 4 is 17.7 Å². The SMILES string of the molecule is CCC(C)(C(=O)O)n1nnnc1C1Cc2ccccc2S1. The van der Waals surface area contributed by atoms with E-state index in [4.69, 9.17) is 0 Å². The highest BCUT2D eigenvalue weighted by molar-refractivity contribution is 7.99. The molecule has 1 aromatic heterocycles. The average molecular weight is 304 g/mol. The van der Waals surface area contributed by atoms with Crippen LogP contribution in [0.15, 0.2) is 29.2 Å². The number of carbonyl (C=O) groups is 1. The second-order valence-corrected chi connectivity index (χ2v) is 6.54. The number of benzene rings is 1. The van der Waals surface area contributed by atoms with E-state index < -0.39 is 11.5 Å². The third-order valence-corrected chi connectivity index (χ3v) is 5.36. The van der Waals surface area contributed by atoms with Crippen LogP contribution in [0.3, 0.4) is 0 Å². The molecule has 0 spiro atoms. The monoisotopic (exact) mass is 304 g/mol. The molecule has 21 heavy (non-hydrogen) atoms. The van der Waals surface area contributed by atoms with Crippen LogP contribution < -0.4 is 0 Å². The Labute approximate surface area is 126 Å². The molecule has 110 valence electrons. The summed E-state index contributed by atoms with van der Waals surface area (Å²) in [5, 5.41) is 21.3. The molecule has 0 fully saturated rings. The zero-order valence-corrected chi connectivity index (χ0v) is 12.7. The Kier molecular flexibility index (Phi) is 3.44. The van der Waals surface area contributed by atoms with Gasteiger partial charge in [0.05, 0.1) is 5.25 Å². The molecule has 0 saturated heterocycles. The van der Waals surface area contributed by atoms with E-state index in [-0.39, 0.29) is 5.25 Å². The minimum absolute atomic E-state index is 0.0580. The molecule has 7 heteroatoms. The number of tetrazole rings is 1. The molecule has 0 aliphatic carbocycles. The lowest BCUT2D eigenvalue weighted by atomic mass is 9.99. The molecule has 2 atom stereocenters. The number of carboxylic acids is 1. The van der Waals surface area contributed by atoms with E-state index in [9.17, 15) is 9.90 Å². The number of fused-ring (bicyclic) bond motifs is 1. The summed E-state index contributed by atoms with van der Waals surface area (Å²) < 4.78 is 1.47. The second kappa shape index (κ2) is 5.14. The molecule has 0 radical (unpaired) electrons. The summed E-state index contributed by atoms with van der Waals surface area (Å²) in [7, 11) is 0. The lowest BCUT2D eigenvalue weighted by Crippen LogP contribution is -2.40. The first-order valence-corrected chi connectivity index (χ1v) is 7.71. The summed E-state index contributed by atoms with van der Waals surface area (Å²) in [6, 6.07) is 8.18. The number of aliphatic carboxylic acids is 1. The number of carboxylic acid groups (broad SMARTS) is 1. The maximum Gasteiger partial charge on any atom is 0.331 e. The summed E-state index contributed by atoms with van der Waals surface area (Å²) in [4.78, 5) is 12.8. The first kappa shape index (κ1) is 14.1. The molecule has 1 aliphatic heterocycles. The molecular weight excluding hydrogens is 288 g/mol. The van der Waals surface area contributed by atoms with Gasteiger partial charge >= 0.3 is 5.97 Å². The lowest BCUT2D eigenvalue weighted by Gasteiger charge is -2.25. The van der Waals surface area contributed by atoms with Crippen molar-refractivity contribution < 1.29 is 9.90 Å². The van der Waals surface area contributed by atoms with Gasteiger partial charge < -0.3 is 5.11 Å². The Bertz CT molecular complexity index is 662. The summed E-state index contributed by atoms with van der Waals surface area (Å²) in [5.41, 5.74) is 0.143. The van der Waals surface area contributed by atoms with Crippen molar-refractivity contribution in [1.82, 2.24) is 20.2 Å². The average Bonchev–Trinajstić information content (AvgIpc) is 3.12. The van der Waals surface area contributed by atoms with E-state index >= 15 is 0 Å². The van der Waals surface area contributed by atoms with Gasteiger partial charge in [-0.1, -0.05) is 25.1 Å². The molecule has 2 heterocycles. The van der Waals surface area contributed by atoms with Gasteiger partial charge in [-0.25, -0.2) is 9.48 Å². The van der Waals surface area contributed by atoms with Gasteiger partial charge in [0, 0.05) is 4.90 Å². The lowest BCUT2D eigenvalue weighted by molar-refractivity contribution is -0.147. The highest BCUT2D eigenvalue weighted by Crippen LogP contribution is 2.46. The molecule has 6 nitrogen and oxygen atoms in total. The number of hydrogen-bond donors (Lipinski definition) is 1. The van der Waals surface area contributed by atoms with Crippen LogP contribution >= 0.6 is 11.8 Å². The van der Waals surface area contributed by atoms with Gasteiger partial charge in [-0.2, -0.15) is 0 Å². The Morgan fingerprint density at radius 1 is 1.52 bits per heavy atom. The normalized spacial score (nSPS) is 20.0. The van der Waals surface area contributed by atoms with Crippen LogP contribution in [0.25, 0.3) is 0 Å². The largest absolute Gasteiger partial charge is 0.479 e. The van der Waals surface area contributed by atoms with Crippen LogP contribution in [0.2, 0.25) is 0 Å². The van der Waals surface area contributed by atoms with Gasteiger partial charge in [-0.15, -0.1) is 16.9 Å². The van der Waals surface area contributed by atoms with E-state index in [1.54, 1.807) is 18.7 Å². The topological polar surface area (TPSA) is 80.9 Å². The van der Waals surface area contributed by atoms with Crippen molar-refractivity contribution in [1.29, 1.82) is 0 Å². The fourth-order valence-electron chi connectivity index (χ4n) is 2.46. The second-order valence-electron chi connectivity index (χ2n) is 5.30. The third-order valence-electron chi connectivity index (χ3n) is 4.05. The third kappa shape index (κ3) is 2.21. The Balaban J connectivity index is 1.97. The summed E-state index contributed by atoms with van der Waals surface area (Å²) in [6.45, 7) is 3.48. The smallest absolute Gasteiger partial charge is 0.331 e. The molecule has 1 aromatic carbocycles. The van der Waals surface area contributed by atoms with Crippen molar-refractivity contribution in [3.05, 3.63) is 35.7 Å². The van der Waals surface area contributed by atoms with Crippen LogP contribution in [0, 0.1) is 0 Å². The predicted octanol–water partition coefficient (Wildman–Crippen LogP) is 2.27.